The van der Waals surface area contributed by atoms with Gasteiger partial charge in [0.1, 0.15) is 0 Å². The standard InChI is InChI=1S/C15H12ClN3O3/c16-15-17-11(14(21)22)12-10-6-3-7-18(10)13(20)8-4-1-2-5-9(8)19(12)15/h1-2,4-5,10H,3,6-7H2,(H,21,22)/t10-/m0/s1. The summed E-state index contributed by atoms with van der Waals surface area (Å²) < 4.78 is 1.61. The molecule has 7 heteroatoms. The first-order valence-corrected chi connectivity index (χ1v) is 7.39. The normalized spacial score (nSPS) is 19.4. The van der Waals surface area contributed by atoms with E-state index in [1.807, 2.05) is 0 Å². The van der Waals surface area contributed by atoms with Crippen LogP contribution in [0.1, 0.15) is 45.4 Å². The lowest BCUT2D eigenvalue weighted by Gasteiger charge is -2.22. The third-order valence-corrected chi connectivity index (χ3v) is 4.53. The number of halogens is 1. The van der Waals surface area contributed by atoms with Crippen LogP contribution in [0.4, 0.5) is 0 Å². The lowest BCUT2D eigenvalue weighted by atomic mass is 10.1. The first-order chi connectivity index (χ1) is 10.6. The minimum atomic E-state index is -1.13. The Morgan fingerprint density at radius 3 is 2.91 bits per heavy atom. The maximum atomic E-state index is 12.8. The largest absolute Gasteiger partial charge is 0.476 e. The van der Waals surface area contributed by atoms with Crippen LogP contribution in [0, 0.1) is 0 Å². The summed E-state index contributed by atoms with van der Waals surface area (Å²) in [5, 5.41) is 9.51. The van der Waals surface area contributed by atoms with Crippen LogP contribution in [0.5, 0.6) is 0 Å². The van der Waals surface area contributed by atoms with E-state index in [9.17, 15) is 14.7 Å². The molecule has 4 rings (SSSR count). The van der Waals surface area contributed by atoms with Crippen LogP contribution in [0.25, 0.3) is 5.69 Å². The van der Waals surface area contributed by atoms with Crippen molar-refractivity contribution in [2.45, 2.75) is 18.9 Å². The number of fused-ring (bicyclic) bond motifs is 5. The summed E-state index contributed by atoms with van der Waals surface area (Å²) in [6.45, 7) is 0.611. The molecule has 6 nitrogen and oxygen atoms in total. The third kappa shape index (κ3) is 1.64. The average Bonchev–Trinajstić information content (AvgIpc) is 3.08. The van der Waals surface area contributed by atoms with E-state index in [1.165, 1.54) is 0 Å². The number of nitrogens with zero attached hydrogens (tertiary/aromatic N) is 3. The minimum Gasteiger partial charge on any atom is -0.476 e. The lowest BCUT2D eigenvalue weighted by Crippen LogP contribution is -2.30. The van der Waals surface area contributed by atoms with E-state index in [0.717, 1.165) is 6.42 Å². The molecule has 1 N–H and O–H groups in total. The maximum Gasteiger partial charge on any atom is 0.356 e. The third-order valence-electron chi connectivity index (χ3n) is 4.28. The summed E-state index contributed by atoms with van der Waals surface area (Å²) in [6.07, 6.45) is 1.54. The van der Waals surface area contributed by atoms with Gasteiger partial charge >= 0.3 is 5.97 Å². The minimum absolute atomic E-state index is 0.0707. The molecule has 0 saturated carbocycles. The quantitative estimate of drug-likeness (QED) is 0.877. The van der Waals surface area contributed by atoms with Gasteiger partial charge in [0.05, 0.1) is 23.0 Å². The number of para-hydroxylation sites is 1. The van der Waals surface area contributed by atoms with Crippen LogP contribution in [-0.2, 0) is 0 Å². The van der Waals surface area contributed by atoms with E-state index >= 15 is 0 Å². The Labute approximate surface area is 130 Å². The van der Waals surface area contributed by atoms with Crippen molar-refractivity contribution in [3.63, 3.8) is 0 Å². The number of imidazole rings is 1. The maximum absolute atomic E-state index is 12.8. The zero-order chi connectivity index (χ0) is 15.4. The fourth-order valence-electron chi connectivity index (χ4n) is 3.40. The number of aromatic nitrogens is 2. The van der Waals surface area contributed by atoms with Crippen LogP contribution in [0.3, 0.4) is 0 Å². The van der Waals surface area contributed by atoms with Crippen molar-refractivity contribution < 1.29 is 14.7 Å². The molecule has 2 aliphatic heterocycles. The van der Waals surface area contributed by atoms with Gasteiger partial charge < -0.3 is 10.0 Å². The van der Waals surface area contributed by atoms with Crippen LogP contribution in [0.2, 0.25) is 5.28 Å². The monoisotopic (exact) mass is 317 g/mol. The van der Waals surface area contributed by atoms with Gasteiger partial charge in [0, 0.05) is 6.54 Å². The SMILES string of the molecule is O=C(O)c1nc(Cl)n2c1[C@@H]1CCCN1C(=O)c1ccccc1-2. The molecule has 3 heterocycles. The molecule has 112 valence electrons. The molecule has 1 aromatic heterocycles. The zero-order valence-corrected chi connectivity index (χ0v) is 12.2. The fourth-order valence-corrected chi connectivity index (χ4v) is 3.66. The summed E-state index contributed by atoms with van der Waals surface area (Å²) in [5.41, 5.74) is 1.52. The highest BCUT2D eigenvalue weighted by Crippen LogP contribution is 2.41. The van der Waals surface area contributed by atoms with E-state index in [0.29, 0.717) is 29.9 Å². The number of rotatable bonds is 1. The van der Waals surface area contributed by atoms with Gasteiger partial charge in [0.15, 0.2) is 5.69 Å². The number of aromatic carboxylic acids is 1. The van der Waals surface area contributed by atoms with E-state index in [-0.39, 0.29) is 22.9 Å². The van der Waals surface area contributed by atoms with Crippen LogP contribution < -0.4 is 0 Å². The molecular formula is C15H12ClN3O3. The number of amides is 1. The van der Waals surface area contributed by atoms with Crippen molar-refractivity contribution in [2.24, 2.45) is 0 Å². The topological polar surface area (TPSA) is 75.4 Å². The van der Waals surface area contributed by atoms with Gasteiger partial charge in [-0.25, -0.2) is 9.78 Å². The van der Waals surface area contributed by atoms with Crippen LogP contribution in [0.15, 0.2) is 24.3 Å². The Balaban J connectivity index is 2.10. The van der Waals surface area contributed by atoms with Gasteiger partial charge in [-0.2, -0.15) is 0 Å². The highest BCUT2D eigenvalue weighted by atomic mass is 35.5. The molecule has 1 atom stereocenters. The molecule has 1 fully saturated rings. The molecule has 0 spiro atoms. The highest BCUT2D eigenvalue weighted by Gasteiger charge is 2.41. The van der Waals surface area contributed by atoms with Crippen molar-refractivity contribution in [1.82, 2.24) is 14.5 Å². The second-order valence-electron chi connectivity index (χ2n) is 5.43. The Kier molecular flexibility index (Phi) is 2.77. The predicted octanol–water partition coefficient (Wildman–Crippen LogP) is 2.51. The first-order valence-electron chi connectivity index (χ1n) is 7.01. The molecule has 2 aliphatic rings. The van der Waals surface area contributed by atoms with Gasteiger partial charge in [0.2, 0.25) is 5.28 Å². The Bertz CT molecular complexity index is 814. The predicted molar refractivity (Wildman–Crippen MR) is 78.5 cm³/mol. The van der Waals surface area contributed by atoms with Gasteiger partial charge in [0.25, 0.3) is 5.91 Å². The molecule has 0 aliphatic carbocycles. The van der Waals surface area contributed by atoms with Gasteiger partial charge in [-0.15, -0.1) is 0 Å². The molecule has 0 bridgehead atoms. The van der Waals surface area contributed by atoms with Gasteiger partial charge in [-0.05, 0) is 36.6 Å². The van der Waals surface area contributed by atoms with E-state index in [1.54, 1.807) is 33.7 Å². The van der Waals surface area contributed by atoms with Crippen LogP contribution in [-0.4, -0.2) is 38.0 Å². The Morgan fingerprint density at radius 2 is 2.14 bits per heavy atom. The number of carboxylic acid groups (broad SMARTS) is 1. The number of carbonyl (C=O) groups is 2. The molecule has 1 saturated heterocycles. The highest BCUT2D eigenvalue weighted by molar-refractivity contribution is 6.29. The fraction of sp³-hybridized carbons (Fsp3) is 0.267. The Hall–Kier alpha value is -2.34. The summed E-state index contributed by atoms with van der Waals surface area (Å²) in [4.78, 5) is 30.1. The lowest BCUT2D eigenvalue weighted by molar-refractivity contribution is 0.0673. The van der Waals surface area contributed by atoms with Crippen molar-refractivity contribution in [1.29, 1.82) is 0 Å². The smallest absolute Gasteiger partial charge is 0.356 e. The van der Waals surface area contributed by atoms with Crippen LogP contribution >= 0.6 is 11.6 Å². The van der Waals surface area contributed by atoms with Crippen molar-refractivity contribution in [3.05, 3.63) is 46.5 Å². The summed E-state index contributed by atoms with van der Waals surface area (Å²) in [5.74, 6) is -1.22. The molecular weight excluding hydrogens is 306 g/mol. The number of hydrogen-bond acceptors (Lipinski definition) is 3. The zero-order valence-electron chi connectivity index (χ0n) is 11.5. The van der Waals surface area contributed by atoms with E-state index in [4.69, 9.17) is 11.6 Å². The first kappa shape index (κ1) is 13.3. The summed E-state index contributed by atoms with van der Waals surface area (Å²) >= 11 is 6.20. The van der Waals surface area contributed by atoms with Crippen molar-refractivity contribution in [2.75, 3.05) is 6.54 Å². The number of benzene rings is 1. The molecule has 0 radical (unpaired) electrons. The second kappa shape index (κ2) is 4.58. The summed E-state index contributed by atoms with van der Waals surface area (Å²) in [7, 11) is 0. The number of carbonyl (C=O) groups excluding carboxylic acids is 1. The van der Waals surface area contributed by atoms with Gasteiger partial charge in [-0.1, -0.05) is 12.1 Å². The number of hydrogen-bond donors (Lipinski definition) is 1. The van der Waals surface area contributed by atoms with E-state index in [2.05, 4.69) is 4.98 Å². The number of carboxylic acids is 1. The molecule has 2 aromatic rings. The van der Waals surface area contributed by atoms with Crippen molar-refractivity contribution in [3.8, 4) is 5.69 Å². The molecule has 0 unspecified atom stereocenters. The molecule has 1 amide bonds. The average molecular weight is 318 g/mol. The second-order valence-corrected chi connectivity index (χ2v) is 5.77. The van der Waals surface area contributed by atoms with Crippen molar-refractivity contribution >= 4 is 23.5 Å². The van der Waals surface area contributed by atoms with E-state index < -0.39 is 5.97 Å². The molecule has 1 aromatic carbocycles. The Morgan fingerprint density at radius 1 is 1.36 bits per heavy atom. The summed E-state index contributed by atoms with van der Waals surface area (Å²) in [6, 6.07) is 6.78. The van der Waals surface area contributed by atoms with Gasteiger partial charge in [-0.3, -0.25) is 9.36 Å². The molecule has 22 heavy (non-hydrogen) atoms.